The highest BCUT2D eigenvalue weighted by Crippen LogP contribution is 2.65. The Kier molecular flexibility index (Phi) is 3.74. The Morgan fingerprint density at radius 3 is 2.44 bits per heavy atom. The van der Waals surface area contributed by atoms with E-state index in [1.165, 1.54) is 44.8 Å². The molecule has 1 aromatic carbocycles. The van der Waals surface area contributed by atoms with Crippen molar-refractivity contribution in [1.29, 1.82) is 0 Å². The second-order valence-corrected chi connectivity index (χ2v) is 8.39. The number of non-ortho nitro benzene ring substituents is 1. The minimum absolute atomic E-state index is 0.108. The molecular weight excluding hydrogens is 320 g/mol. The standard InChI is InChI=1S/C19H24N2O4/c1-25-17(22)20-12-18-7-13-6-14(8-18)10-19(9-13,11-18)15-2-4-16(5-3-15)21(23)24/h2-5,13-14H,6-12H2,1H3,(H,20,22). The lowest BCUT2D eigenvalue weighted by atomic mass is 9.43. The predicted octanol–water partition coefficient (Wildman–Crippen LogP) is 3.79. The molecule has 4 aliphatic rings. The minimum atomic E-state index is -0.361. The van der Waals surface area contributed by atoms with Crippen LogP contribution in [0.4, 0.5) is 10.5 Å². The average Bonchev–Trinajstić information content (AvgIpc) is 2.58. The van der Waals surface area contributed by atoms with Crippen LogP contribution in [0.1, 0.15) is 44.1 Å². The number of benzene rings is 1. The van der Waals surface area contributed by atoms with Gasteiger partial charge in [-0.15, -0.1) is 0 Å². The number of nitrogens with one attached hydrogen (secondary N) is 1. The van der Waals surface area contributed by atoms with E-state index in [9.17, 15) is 14.9 Å². The van der Waals surface area contributed by atoms with Gasteiger partial charge in [0.25, 0.3) is 5.69 Å². The third-order valence-electron chi connectivity index (χ3n) is 6.67. The summed E-state index contributed by atoms with van der Waals surface area (Å²) in [5.41, 5.74) is 1.63. The zero-order valence-electron chi connectivity index (χ0n) is 14.5. The molecule has 2 atom stereocenters. The highest BCUT2D eigenvalue weighted by atomic mass is 16.6. The lowest BCUT2D eigenvalue weighted by molar-refractivity contribution is -0.384. The lowest BCUT2D eigenvalue weighted by Crippen LogP contribution is -2.57. The van der Waals surface area contributed by atoms with Gasteiger partial charge in [-0.05, 0) is 66.8 Å². The van der Waals surface area contributed by atoms with Crippen molar-refractivity contribution >= 4 is 11.8 Å². The average molecular weight is 344 g/mol. The highest BCUT2D eigenvalue weighted by Gasteiger charge is 2.58. The molecule has 2 unspecified atom stereocenters. The summed E-state index contributed by atoms with van der Waals surface area (Å²) in [5, 5.41) is 13.9. The van der Waals surface area contributed by atoms with Crippen molar-refractivity contribution in [2.45, 2.75) is 43.9 Å². The summed E-state index contributed by atoms with van der Waals surface area (Å²) in [7, 11) is 1.40. The first-order valence-electron chi connectivity index (χ1n) is 9.00. The molecule has 0 spiro atoms. The minimum Gasteiger partial charge on any atom is -0.453 e. The molecule has 1 amide bonds. The fourth-order valence-corrected chi connectivity index (χ4v) is 6.27. The predicted molar refractivity (Wildman–Crippen MR) is 92.3 cm³/mol. The number of carbonyl (C=O) groups excluding carboxylic acids is 1. The van der Waals surface area contributed by atoms with Crippen LogP contribution in [0.2, 0.25) is 0 Å². The monoisotopic (exact) mass is 344 g/mol. The van der Waals surface area contributed by atoms with Crippen LogP contribution in [0.15, 0.2) is 24.3 Å². The van der Waals surface area contributed by atoms with Crippen LogP contribution < -0.4 is 5.32 Å². The Bertz CT molecular complexity index is 686. The van der Waals surface area contributed by atoms with Crippen molar-refractivity contribution < 1.29 is 14.5 Å². The molecule has 0 aromatic heterocycles. The van der Waals surface area contributed by atoms with Crippen molar-refractivity contribution in [3.05, 3.63) is 39.9 Å². The van der Waals surface area contributed by atoms with Crippen LogP contribution in [0.25, 0.3) is 0 Å². The number of hydrogen-bond acceptors (Lipinski definition) is 4. The Labute approximate surface area is 147 Å². The quantitative estimate of drug-likeness (QED) is 0.665. The van der Waals surface area contributed by atoms with Gasteiger partial charge in [-0.3, -0.25) is 10.1 Å². The van der Waals surface area contributed by atoms with Gasteiger partial charge in [0.2, 0.25) is 0 Å². The molecule has 0 heterocycles. The molecule has 1 aromatic rings. The zero-order chi connectivity index (χ0) is 17.7. The van der Waals surface area contributed by atoms with Gasteiger partial charge in [0.15, 0.2) is 0 Å². The molecule has 4 bridgehead atoms. The fourth-order valence-electron chi connectivity index (χ4n) is 6.27. The number of nitro benzene ring substituents is 1. The first kappa shape index (κ1) is 16.4. The normalized spacial score (nSPS) is 35.4. The van der Waals surface area contributed by atoms with Crippen LogP contribution in [0.3, 0.4) is 0 Å². The van der Waals surface area contributed by atoms with E-state index in [-0.39, 0.29) is 27.5 Å². The van der Waals surface area contributed by atoms with Gasteiger partial charge in [-0.2, -0.15) is 0 Å². The SMILES string of the molecule is COC(=O)NCC12CC3CC(C1)CC(c1ccc([N+](=O)[O-])cc1)(C3)C2. The summed E-state index contributed by atoms with van der Waals surface area (Å²) in [6.45, 7) is 0.668. The third-order valence-corrected chi connectivity index (χ3v) is 6.67. The van der Waals surface area contributed by atoms with Crippen molar-refractivity contribution in [3.8, 4) is 0 Å². The van der Waals surface area contributed by atoms with E-state index in [0.29, 0.717) is 18.4 Å². The lowest BCUT2D eigenvalue weighted by Gasteiger charge is -2.62. The number of amides is 1. The molecular formula is C19H24N2O4. The summed E-state index contributed by atoms with van der Waals surface area (Å²) in [6, 6.07) is 7.17. The van der Waals surface area contributed by atoms with Gasteiger partial charge in [0.05, 0.1) is 12.0 Å². The molecule has 0 saturated heterocycles. The van der Waals surface area contributed by atoms with Crippen LogP contribution in [0, 0.1) is 27.4 Å². The topological polar surface area (TPSA) is 81.5 Å². The molecule has 6 nitrogen and oxygen atoms in total. The fraction of sp³-hybridized carbons (Fsp3) is 0.632. The van der Waals surface area contributed by atoms with Gasteiger partial charge in [-0.1, -0.05) is 12.1 Å². The number of methoxy groups -OCH3 is 1. The largest absolute Gasteiger partial charge is 0.453 e. The maximum absolute atomic E-state index is 11.6. The number of hydrogen-bond donors (Lipinski definition) is 1. The number of carbonyl (C=O) groups is 1. The zero-order valence-corrected chi connectivity index (χ0v) is 14.5. The van der Waals surface area contributed by atoms with Gasteiger partial charge < -0.3 is 10.1 Å². The second kappa shape index (κ2) is 5.71. The maximum atomic E-state index is 11.6. The van der Waals surface area contributed by atoms with Crippen molar-refractivity contribution in [3.63, 3.8) is 0 Å². The Morgan fingerprint density at radius 1 is 1.24 bits per heavy atom. The third kappa shape index (κ3) is 2.77. The van der Waals surface area contributed by atoms with Gasteiger partial charge in [0.1, 0.15) is 0 Å². The van der Waals surface area contributed by atoms with Gasteiger partial charge in [-0.25, -0.2) is 4.79 Å². The summed E-state index contributed by atoms with van der Waals surface area (Å²) in [4.78, 5) is 22.2. The summed E-state index contributed by atoms with van der Waals surface area (Å²) >= 11 is 0. The van der Waals surface area contributed by atoms with E-state index in [4.69, 9.17) is 4.74 Å². The second-order valence-electron chi connectivity index (χ2n) is 8.39. The molecule has 4 saturated carbocycles. The van der Waals surface area contributed by atoms with Crippen LogP contribution >= 0.6 is 0 Å². The van der Waals surface area contributed by atoms with Crippen LogP contribution in [-0.4, -0.2) is 24.7 Å². The number of nitrogens with zero attached hydrogens (tertiary/aromatic N) is 1. The van der Waals surface area contributed by atoms with Gasteiger partial charge in [0, 0.05) is 18.7 Å². The Morgan fingerprint density at radius 2 is 1.88 bits per heavy atom. The summed E-state index contributed by atoms with van der Waals surface area (Å²) in [6.07, 6.45) is 6.65. The summed E-state index contributed by atoms with van der Waals surface area (Å²) < 4.78 is 4.75. The van der Waals surface area contributed by atoms with Crippen LogP contribution in [0.5, 0.6) is 0 Å². The van der Waals surface area contributed by atoms with Crippen molar-refractivity contribution in [1.82, 2.24) is 5.32 Å². The Hall–Kier alpha value is -2.11. The molecule has 0 radical (unpaired) electrons. The summed E-state index contributed by atoms with van der Waals surface area (Å²) in [5.74, 6) is 1.38. The van der Waals surface area contributed by atoms with E-state index in [2.05, 4.69) is 5.32 Å². The maximum Gasteiger partial charge on any atom is 0.406 e. The Balaban J connectivity index is 1.61. The number of ether oxygens (including phenoxy) is 1. The highest BCUT2D eigenvalue weighted by molar-refractivity contribution is 5.66. The van der Waals surface area contributed by atoms with Crippen molar-refractivity contribution in [2.24, 2.45) is 17.3 Å². The molecule has 4 fully saturated rings. The van der Waals surface area contributed by atoms with Gasteiger partial charge >= 0.3 is 6.09 Å². The molecule has 4 aliphatic carbocycles. The van der Waals surface area contributed by atoms with E-state index >= 15 is 0 Å². The molecule has 1 N–H and O–H groups in total. The number of nitro groups is 1. The number of alkyl carbamates (subject to hydrolysis) is 1. The molecule has 134 valence electrons. The van der Waals surface area contributed by atoms with E-state index in [1.807, 2.05) is 12.1 Å². The molecule has 0 aliphatic heterocycles. The van der Waals surface area contributed by atoms with E-state index in [1.54, 1.807) is 12.1 Å². The first-order valence-corrected chi connectivity index (χ1v) is 9.00. The number of rotatable bonds is 4. The van der Waals surface area contributed by atoms with E-state index < -0.39 is 0 Å². The van der Waals surface area contributed by atoms with Crippen LogP contribution in [-0.2, 0) is 10.2 Å². The molecule has 6 heteroatoms. The first-order chi connectivity index (χ1) is 11.9. The molecule has 5 rings (SSSR count). The van der Waals surface area contributed by atoms with E-state index in [0.717, 1.165) is 6.42 Å². The van der Waals surface area contributed by atoms with Crippen molar-refractivity contribution in [2.75, 3.05) is 13.7 Å². The smallest absolute Gasteiger partial charge is 0.406 e. The molecule has 25 heavy (non-hydrogen) atoms.